The van der Waals surface area contributed by atoms with Gasteiger partial charge in [0.2, 0.25) is 0 Å². The Morgan fingerprint density at radius 2 is 1.81 bits per heavy atom. The van der Waals surface area contributed by atoms with Crippen LogP contribution in [0.2, 0.25) is 0 Å². The number of nitrogens with zero attached hydrogens (tertiary/aromatic N) is 2. The van der Waals surface area contributed by atoms with Gasteiger partial charge >= 0.3 is 0 Å². The van der Waals surface area contributed by atoms with Gasteiger partial charge < -0.3 is 19.0 Å². The number of carbonyl (C=O) groups excluding carboxylic acids is 1. The van der Waals surface area contributed by atoms with E-state index in [1.807, 2.05) is 54.3 Å². The van der Waals surface area contributed by atoms with Gasteiger partial charge in [0.15, 0.2) is 5.76 Å². The molecule has 1 aromatic heterocycles. The number of rotatable bonds is 3. The molecular formula is C21H22N2O3. The first kappa shape index (κ1) is 16.5. The van der Waals surface area contributed by atoms with Gasteiger partial charge in [-0.15, -0.1) is 0 Å². The van der Waals surface area contributed by atoms with Crippen LogP contribution in [0.15, 0.2) is 52.9 Å². The summed E-state index contributed by atoms with van der Waals surface area (Å²) in [7, 11) is 1.67. The predicted molar refractivity (Wildman–Crippen MR) is 102 cm³/mol. The van der Waals surface area contributed by atoms with Crippen molar-refractivity contribution in [1.29, 1.82) is 0 Å². The molecule has 0 spiro atoms. The van der Waals surface area contributed by atoms with Crippen LogP contribution in [0.4, 0.5) is 5.69 Å². The van der Waals surface area contributed by atoms with Crippen LogP contribution in [-0.4, -0.2) is 44.1 Å². The molecule has 134 valence electrons. The third-order valence-corrected chi connectivity index (χ3v) is 5.02. The third kappa shape index (κ3) is 2.90. The number of aryl methyl sites for hydroxylation is 1. The molecule has 1 saturated heterocycles. The van der Waals surface area contributed by atoms with Crippen LogP contribution in [0.1, 0.15) is 16.1 Å². The highest BCUT2D eigenvalue weighted by Crippen LogP contribution is 2.27. The maximum atomic E-state index is 12.9. The van der Waals surface area contributed by atoms with Gasteiger partial charge in [-0.05, 0) is 25.1 Å². The first-order chi connectivity index (χ1) is 12.7. The molecule has 0 atom stereocenters. The lowest BCUT2D eigenvalue weighted by atomic mass is 10.1. The Morgan fingerprint density at radius 1 is 1.04 bits per heavy atom. The van der Waals surface area contributed by atoms with Crippen molar-refractivity contribution in [3.05, 3.63) is 59.9 Å². The zero-order chi connectivity index (χ0) is 18.1. The Labute approximate surface area is 152 Å². The summed E-state index contributed by atoms with van der Waals surface area (Å²) in [5, 5.41) is 1.01. The molecule has 3 aromatic rings. The number of ether oxygens (including phenoxy) is 1. The molecule has 1 aliphatic heterocycles. The lowest BCUT2D eigenvalue weighted by molar-refractivity contribution is 0.0716. The summed E-state index contributed by atoms with van der Waals surface area (Å²) >= 11 is 0. The van der Waals surface area contributed by atoms with Gasteiger partial charge in [-0.1, -0.05) is 24.3 Å². The maximum absolute atomic E-state index is 12.9. The topological polar surface area (TPSA) is 45.9 Å². The van der Waals surface area contributed by atoms with Crippen LogP contribution >= 0.6 is 0 Å². The van der Waals surface area contributed by atoms with Crippen LogP contribution in [0.25, 0.3) is 11.0 Å². The number of carbonyl (C=O) groups is 1. The molecule has 26 heavy (non-hydrogen) atoms. The minimum Gasteiger partial charge on any atom is -0.497 e. The highest BCUT2D eigenvalue weighted by molar-refractivity contribution is 5.99. The molecule has 1 fully saturated rings. The molecule has 1 amide bonds. The van der Waals surface area contributed by atoms with Gasteiger partial charge in [0.05, 0.1) is 7.11 Å². The molecule has 5 heteroatoms. The van der Waals surface area contributed by atoms with Gasteiger partial charge in [-0.25, -0.2) is 0 Å². The molecule has 0 aliphatic carbocycles. The van der Waals surface area contributed by atoms with Crippen molar-refractivity contribution in [3.63, 3.8) is 0 Å². The number of hydrogen-bond acceptors (Lipinski definition) is 4. The van der Waals surface area contributed by atoms with Crippen molar-refractivity contribution in [2.24, 2.45) is 0 Å². The van der Waals surface area contributed by atoms with E-state index in [1.54, 1.807) is 7.11 Å². The van der Waals surface area contributed by atoms with E-state index in [-0.39, 0.29) is 5.91 Å². The second kappa shape index (κ2) is 6.75. The van der Waals surface area contributed by atoms with E-state index in [0.29, 0.717) is 18.8 Å². The second-order valence-corrected chi connectivity index (χ2v) is 6.53. The Balaban J connectivity index is 1.48. The molecule has 1 aliphatic rings. The summed E-state index contributed by atoms with van der Waals surface area (Å²) in [4.78, 5) is 17.1. The molecule has 4 rings (SSSR count). The number of anilines is 1. The summed E-state index contributed by atoms with van der Waals surface area (Å²) in [5.41, 5.74) is 2.81. The van der Waals surface area contributed by atoms with Crippen molar-refractivity contribution in [2.45, 2.75) is 6.92 Å². The van der Waals surface area contributed by atoms with Gasteiger partial charge in [0, 0.05) is 48.9 Å². The zero-order valence-corrected chi connectivity index (χ0v) is 15.1. The molecule has 2 aromatic carbocycles. The predicted octanol–water partition coefficient (Wildman–Crippen LogP) is 3.71. The number of fused-ring (bicyclic) bond motifs is 1. The Morgan fingerprint density at radius 3 is 2.54 bits per heavy atom. The molecule has 0 unspecified atom stereocenters. The fourth-order valence-corrected chi connectivity index (χ4v) is 3.50. The van der Waals surface area contributed by atoms with E-state index in [0.717, 1.165) is 41.1 Å². The summed E-state index contributed by atoms with van der Waals surface area (Å²) in [6, 6.07) is 15.8. The molecule has 0 bridgehead atoms. The minimum absolute atomic E-state index is 0.0241. The average Bonchev–Trinajstić information content (AvgIpc) is 3.04. The quantitative estimate of drug-likeness (QED) is 0.722. The monoisotopic (exact) mass is 350 g/mol. The Bertz CT molecular complexity index is 939. The van der Waals surface area contributed by atoms with Crippen molar-refractivity contribution in [3.8, 4) is 5.75 Å². The van der Waals surface area contributed by atoms with Crippen LogP contribution in [-0.2, 0) is 0 Å². The highest BCUT2D eigenvalue weighted by atomic mass is 16.5. The van der Waals surface area contributed by atoms with E-state index < -0.39 is 0 Å². The van der Waals surface area contributed by atoms with Crippen LogP contribution in [0.5, 0.6) is 5.75 Å². The molecule has 0 saturated carbocycles. The largest absolute Gasteiger partial charge is 0.497 e. The summed E-state index contributed by atoms with van der Waals surface area (Å²) in [6.45, 7) is 4.88. The lowest BCUT2D eigenvalue weighted by Crippen LogP contribution is -2.48. The maximum Gasteiger partial charge on any atom is 0.290 e. The number of amides is 1. The summed E-state index contributed by atoms with van der Waals surface area (Å²) in [6.07, 6.45) is 0. The van der Waals surface area contributed by atoms with E-state index in [2.05, 4.69) is 11.0 Å². The fraction of sp³-hybridized carbons (Fsp3) is 0.286. The molecule has 0 N–H and O–H groups in total. The smallest absolute Gasteiger partial charge is 0.290 e. The number of piperazine rings is 1. The second-order valence-electron chi connectivity index (χ2n) is 6.53. The normalized spacial score (nSPS) is 14.7. The molecule has 0 radical (unpaired) electrons. The van der Waals surface area contributed by atoms with Gasteiger partial charge in [0.1, 0.15) is 11.3 Å². The first-order valence-electron chi connectivity index (χ1n) is 8.84. The van der Waals surface area contributed by atoms with E-state index in [4.69, 9.17) is 9.15 Å². The fourth-order valence-electron chi connectivity index (χ4n) is 3.50. The minimum atomic E-state index is -0.0241. The molecule has 2 heterocycles. The van der Waals surface area contributed by atoms with Gasteiger partial charge in [0.25, 0.3) is 5.91 Å². The van der Waals surface area contributed by atoms with Crippen molar-refractivity contribution >= 4 is 22.6 Å². The van der Waals surface area contributed by atoms with Gasteiger partial charge in [-0.2, -0.15) is 0 Å². The number of furan rings is 1. The standard InChI is InChI=1S/C21H22N2O3/c1-15-18-8-3-4-9-19(18)26-20(15)21(24)23-12-10-22(11-13-23)16-6-5-7-17(14-16)25-2/h3-9,14H,10-13H2,1-2H3. The van der Waals surface area contributed by atoms with Crippen LogP contribution in [0, 0.1) is 6.92 Å². The molecular weight excluding hydrogens is 328 g/mol. The van der Waals surface area contributed by atoms with Gasteiger partial charge in [-0.3, -0.25) is 4.79 Å². The Hall–Kier alpha value is -2.95. The van der Waals surface area contributed by atoms with E-state index in [9.17, 15) is 4.79 Å². The number of para-hydroxylation sites is 1. The van der Waals surface area contributed by atoms with Crippen molar-refractivity contribution in [2.75, 3.05) is 38.2 Å². The van der Waals surface area contributed by atoms with Crippen molar-refractivity contribution < 1.29 is 13.9 Å². The first-order valence-corrected chi connectivity index (χ1v) is 8.84. The SMILES string of the molecule is COc1cccc(N2CCN(C(=O)c3oc4ccccc4c3C)CC2)c1. The zero-order valence-electron chi connectivity index (χ0n) is 15.1. The van der Waals surface area contributed by atoms with Crippen molar-refractivity contribution in [1.82, 2.24) is 4.90 Å². The summed E-state index contributed by atoms with van der Waals surface area (Å²) < 4.78 is 11.1. The lowest BCUT2D eigenvalue weighted by Gasteiger charge is -2.35. The molecule has 5 nitrogen and oxygen atoms in total. The Kier molecular flexibility index (Phi) is 4.29. The van der Waals surface area contributed by atoms with Crippen LogP contribution in [0.3, 0.4) is 0 Å². The number of benzene rings is 2. The third-order valence-electron chi connectivity index (χ3n) is 5.02. The van der Waals surface area contributed by atoms with E-state index >= 15 is 0 Å². The number of methoxy groups -OCH3 is 1. The van der Waals surface area contributed by atoms with E-state index in [1.165, 1.54) is 0 Å². The average molecular weight is 350 g/mol. The van der Waals surface area contributed by atoms with Crippen LogP contribution < -0.4 is 9.64 Å². The number of hydrogen-bond donors (Lipinski definition) is 0. The summed E-state index contributed by atoms with van der Waals surface area (Å²) in [5.74, 6) is 1.28. The highest BCUT2D eigenvalue weighted by Gasteiger charge is 2.26.